The van der Waals surface area contributed by atoms with E-state index in [4.69, 9.17) is 0 Å². The van der Waals surface area contributed by atoms with Crippen LogP contribution in [0.4, 0.5) is 0 Å². The molecule has 1 aromatic rings. The first-order valence-corrected chi connectivity index (χ1v) is 8.75. The van der Waals surface area contributed by atoms with Crippen LogP contribution in [0.25, 0.3) is 0 Å². The molecule has 2 aliphatic rings. The van der Waals surface area contributed by atoms with Gasteiger partial charge >= 0.3 is 0 Å². The first kappa shape index (κ1) is 17.8. The number of carbonyl (C=O) groups is 2. The lowest BCUT2D eigenvalue weighted by Crippen LogP contribution is -2.58. The minimum atomic E-state index is -0.874. The van der Waals surface area contributed by atoms with Crippen molar-refractivity contribution in [2.24, 2.45) is 11.8 Å². The van der Waals surface area contributed by atoms with Crippen LogP contribution in [0.15, 0.2) is 24.5 Å². The van der Waals surface area contributed by atoms with Gasteiger partial charge in [-0.1, -0.05) is 0 Å². The van der Waals surface area contributed by atoms with Crippen LogP contribution < -0.4 is 10.6 Å². The first-order chi connectivity index (χ1) is 11.9. The highest BCUT2D eigenvalue weighted by Gasteiger charge is 2.49. The summed E-state index contributed by atoms with van der Waals surface area (Å²) in [5.41, 5.74) is 0.720. The van der Waals surface area contributed by atoms with Gasteiger partial charge in [-0.3, -0.25) is 14.6 Å². The fraction of sp³-hybridized carbons (Fsp3) is 0.611. The number of hydrogen-bond donors (Lipinski definition) is 4. The van der Waals surface area contributed by atoms with Crippen LogP contribution in [0.3, 0.4) is 0 Å². The second kappa shape index (κ2) is 7.09. The Balaban J connectivity index is 2.02. The van der Waals surface area contributed by atoms with Crippen molar-refractivity contribution >= 4 is 11.8 Å². The van der Waals surface area contributed by atoms with Crippen LogP contribution in [0, 0.1) is 11.8 Å². The molecule has 7 heteroatoms. The average molecular weight is 347 g/mol. The Labute approximate surface area is 146 Å². The largest absolute Gasteiger partial charge is 0.392 e. The number of rotatable bonds is 3. The lowest BCUT2D eigenvalue weighted by atomic mass is 9.68. The van der Waals surface area contributed by atoms with Crippen LogP contribution in [-0.2, 0) is 9.59 Å². The first-order valence-electron chi connectivity index (χ1n) is 8.75. The van der Waals surface area contributed by atoms with Crippen molar-refractivity contribution in [2.75, 3.05) is 0 Å². The number of pyridine rings is 1. The van der Waals surface area contributed by atoms with Gasteiger partial charge in [-0.05, 0) is 44.4 Å². The van der Waals surface area contributed by atoms with Crippen molar-refractivity contribution < 1.29 is 19.8 Å². The quantitative estimate of drug-likeness (QED) is 0.612. The molecule has 0 bridgehead atoms. The summed E-state index contributed by atoms with van der Waals surface area (Å²) < 4.78 is 0. The van der Waals surface area contributed by atoms with Gasteiger partial charge in [0, 0.05) is 30.4 Å². The molecule has 4 N–H and O–H groups in total. The summed E-state index contributed by atoms with van der Waals surface area (Å²) in [4.78, 5) is 29.3. The minimum absolute atomic E-state index is 0.123. The van der Waals surface area contributed by atoms with E-state index in [1.54, 1.807) is 24.5 Å². The van der Waals surface area contributed by atoms with Gasteiger partial charge in [0.05, 0.1) is 24.0 Å². The van der Waals surface area contributed by atoms with Crippen molar-refractivity contribution in [1.29, 1.82) is 0 Å². The summed E-state index contributed by atoms with van der Waals surface area (Å²) in [7, 11) is 0. The molecular formula is C18H25N3O4. The van der Waals surface area contributed by atoms with E-state index in [0.29, 0.717) is 12.8 Å². The molecule has 3 heterocycles. The number of aromatic nitrogens is 1. The normalized spacial score (nSPS) is 37.1. The Bertz CT molecular complexity index is 602. The minimum Gasteiger partial charge on any atom is -0.392 e. The Morgan fingerprint density at radius 2 is 1.40 bits per heavy atom. The van der Waals surface area contributed by atoms with Gasteiger partial charge in [0.15, 0.2) is 0 Å². The molecule has 2 saturated heterocycles. The maximum absolute atomic E-state index is 12.7. The van der Waals surface area contributed by atoms with E-state index in [1.807, 2.05) is 13.8 Å². The summed E-state index contributed by atoms with van der Waals surface area (Å²) in [6.45, 7) is 3.67. The SMILES string of the molecule is CC1CC(O)C(C(c2ccncc2)C2C(=O)NC(C)CC2O)C(=O)N1. The summed E-state index contributed by atoms with van der Waals surface area (Å²) in [6.07, 6.45) is 2.27. The van der Waals surface area contributed by atoms with Crippen LogP contribution in [-0.4, -0.2) is 51.3 Å². The van der Waals surface area contributed by atoms with Crippen molar-refractivity contribution in [3.8, 4) is 0 Å². The molecule has 1 aromatic heterocycles. The lowest BCUT2D eigenvalue weighted by molar-refractivity contribution is -0.142. The molecule has 2 aliphatic heterocycles. The summed E-state index contributed by atoms with van der Waals surface area (Å²) in [6, 6.07) is 3.23. The molecule has 2 fully saturated rings. The fourth-order valence-electron chi connectivity index (χ4n) is 4.19. The number of amides is 2. The molecule has 2 amide bonds. The number of nitrogens with one attached hydrogen (secondary N) is 2. The molecule has 3 rings (SSSR count). The van der Waals surface area contributed by atoms with Gasteiger partial charge in [-0.15, -0.1) is 0 Å². The Morgan fingerprint density at radius 3 is 1.80 bits per heavy atom. The molecular weight excluding hydrogens is 322 g/mol. The Hall–Kier alpha value is -1.99. The van der Waals surface area contributed by atoms with E-state index < -0.39 is 30.0 Å². The van der Waals surface area contributed by atoms with E-state index in [9.17, 15) is 19.8 Å². The molecule has 25 heavy (non-hydrogen) atoms. The van der Waals surface area contributed by atoms with Crippen molar-refractivity contribution in [3.63, 3.8) is 0 Å². The Kier molecular flexibility index (Phi) is 5.06. The third-order valence-electron chi connectivity index (χ3n) is 5.27. The zero-order valence-corrected chi connectivity index (χ0v) is 14.4. The molecule has 136 valence electrons. The topological polar surface area (TPSA) is 112 Å². The highest BCUT2D eigenvalue weighted by Crippen LogP contribution is 2.40. The Morgan fingerprint density at radius 1 is 0.960 bits per heavy atom. The summed E-state index contributed by atoms with van der Waals surface area (Å²) in [5, 5.41) is 26.9. The van der Waals surface area contributed by atoms with Crippen molar-refractivity contribution in [3.05, 3.63) is 30.1 Å². The average Bonchev–Trinajstić information content (AvgIpc) is 2.52. The van der Waals surface area contributed by atoms with Gasteiger partial charge in [-0.2, -0.15) is 0 Å². The standard InChI is InChI=1S/C18H25N3O4/c1-9-7-12(22)15(17(24)20-9)14(11-3-5-19-6-4-11)16-13(23)8-10(2)21-18(16)25/h3-6,9-10,12-16,22-23H,7-8H2,1-2H3,(H,20,24)(H,21,25). The van der Waals surface area contributed by atoms with E-state index in [1.165, 1.54) is 0 Å². The van der Waals surface area contributed by atoms with E-state index in [2.05, 4.69) is 15.6 Å². The number of carbonyl (C=O) groups excluding carboxylic acids is 2. The second-order valence-electron chi connectivity index (χ2n) is 7.28. The third-order valence-corrected chi connectivity index (χ3v) is 5.27. The monoisotopic (exact) mass is 347 g/mol. The van der Waals surface area contributed by atoms with Gasteiger partial charge in [-0.25, -0.2) is 0 Å². The number of hydrogen-bond acceptors (Lipinski definition) is 5. The molecule has 6 unspecified atom stereocenters. The molecule has 6 atom stereocenters. The zero-order valence-electron chi connectivity index (χ0n) is 14.4. The van der Waals surface area contributed by atoms with Gasteiger partial charge in [0.2, 0.25) is 11.8 Å². The highest BCUT2D eigenvalue weighted by atomic mass is 16.3. The van der Waals surface area contributed by atoms with Gasteiger partial charge < -0.3 is 20.8 Å². The predicted molar refractivity (Wildman–Crippen MR) is 90.4 cm³/mol. The van der Waals surface area contributed by atoms with E-state index in [0.717, 1.165) is 5.56 Å². The fourth-order valence-corrected chi connectivity index (χ4v) is 4.19. The van der Waals surface area contributed by atoms with Crippen LogP contribution in [0.5, 0.6) is 0 Å². The van der Waals surface area contributed by atoms with Gasteiger partial charge in [0.25, 0.3) is 0 Å². The lowest BCUT2D eigenvalue weighted by Gasteiger charge is -2.43. The molecule has 0 radical (unpaired) electrons. The van der Waals surface area contributed by atoms with E-state index >= 15 is 0 Å². The maximum atomic E-state index is 12.7. The molecule has 0 aliphatic carbocycles. The van der Waals surface area contributed by atoms with Gasteiger partial charge in [0.1, 0.15) is 0 Å². The smallest absolute Gasteiger partial charge is 0.226 e. The summed E-state index contributed by atoms with van der Waals surface area (Å²) in [5.74, 6) is -2.78. The van der Waals surface area contributed by atoms with Crippen molar-refractivity contribution in [2.45, 2.75) is 56.9 Å². The number of aliphatic hydroxyl groups excluding tert-OH is 2. The predicted octanol–water partition coefficient (Wildman–Crippen LogP) is -0.0638. The van der Waals surface area contributed by atoms with Crippen LogP contribution >= 0.6 is 0 Å². The maximum Gasteiger partial charge on any atom is 0.226 e. The highest BCUT2D eigenvalue weighted by molar-refractivity contribution is 5.86. The van der Waals surface area contributed by atoms with E-state index in [-0.39, 0.29) is 23.9 Å². The van der Waals surface area contributed by atoms with Crippen molar-refractivity contribution in [1.82, 2.24) is 15.6 Å². The molecule has 0 aromatic carbocycles. The third kappa shape index (κ3) is 3.52. The zero-order chi connectivity index (χ0) is 18.1. The van der Waals surface area contributed by atoms with Crippen LogP contribution in [0.1, 0.15) is 38.2 Å². The number of aliphatic hydroxyl groups is 2. The molecule has 7 nitrogen and oxygen atoms in total. The number of piperidine rings is 2. The number of nitrogens with zero attached hydrogens (tertiary/aromatic N) is 1. The second-order valence-corrected chi connectivity index (χ2v) is 7.28. The summed E-state index contributed by atoms with van der Waals surface area (Å²) >= 11 is 0. The molecule has 0 saturated carbocycles. The van der Waals surface area contributed by atoms with Crippen LogP contribution in [0.2, 0.25) is 0 Å². The molecule has 0 spiro atoms.